The van der Waals surface area contributed by atoms with Gasteiger partial charge in [-0.1, -0.05) is 30.1 Å². The van der Waals surface area contributed by atoms with Crippen LogP contribution >= 0.6 is 23.2 Å². The number of hydrogen-bond donors (Lipinski definition) is 2. The van der Waals surface area contributed by atoms with Crippen molar-refractivity contribution in [2.45, 2.75) is 19.9 Å². The highest BCUT2D eigenvalue weighted by Crippen LogP contribution is 2.19. The highest BCUT2D eigenvalue weighted by Gasteiger charge is 2.12. The summed E-state index contributed by atoms with van der Waals surface area (Å²) in [5, 5.41) is 12.8. The summed E-state index contributed by atoms with van der Waals surface area (Å²) in [7, 11) is 0. The van der Waals surface area contributed by atoms with Crippen molar-refractivity contribution < 1.29 is 9.90 Å². The average Bonchev–Trinajstić information content (AvgIpc) is 2.34. The van der Waals surface area contributed by atoms with E-state index in [0.717, 1.165) is 5.56 Å². The summed E-state index contributed by atoms with van der Waals surface area (Å²) in [6.45, 7) is 3.75. The van der Waals surface area contributed by atoms with Crippen LogP contribution < -0.4 is 5.32 Å². The molecule has 0 spiro atoms. The Balaban J connectivity index is 2.63. The van der Waals surface area contributed by atoms with Gasteiger partial charge in [0.05, 0.1) is 0 Å². The molecule has 19 heavy (non-hydrogen) atoms. The zero-order valence-electron chi connectivity index (χ0n) is 10.9. The molecule has 0 radical (unpaired) electrons. The molecule has 1 aromatic carbocycles. The molecule has 0 fully saturated rings. The summed E-state index contributed by atoms with van der Waals surface area (Å²) in [4.78, 5) is 11.7. The number of hydrogen-bond acceptors (Lipinski definition) is 2. The van der Waals surface area contributed by atoms with Gasteiger partial charge in [0.1, 0.15) is 0 Å². The van der Waals surface area contributed by atoms with E-state index in [1.807, 2.05) is 13.8 Å². The number of amides is 1. The van der Waals surface area contributed by atoms with Crippen molar-refractivity contribution in [2.24, 2.45) is 5.92 Å². The number of benzene rings is 1. The van der Waals surface area contributed by atoms with Crippen LogP contribution in [0.15, 0.2) is 24.3 Å². The first kappa shape index (κ1) is 16.0. The zero-order valence-corrected chi connectivity index (χ0v) is 12.4. The fraction of sp³-hybridized carbons (Fsp3) is 0.357. The summed E-state index contributed by atoms with van der Waals surface area (Å²) in [6, 6.07) is 4.98. The van der Waals surface area contributed by atoms with Crippen molar-refractivity contribution in [1.82, 2.24) is 5.32 Å². The van der Waals surface area contributed by atoms with E-state index in [1.54, 1.807) is 24.3 Å². The van der Waals surface area contributed by atoms with E-state index in [2.05, 4.69) is 5.32 Å². The number of aliphatic hydroxyl groups is 1. The van der Waals surface area contributed by atoms with Crippen molar-refractivity contribution in [3.8, 4) is 0 Å². The number of nitrogens with one attached hydrogen (secondary N) is 1. The fourth-order valence-corrected chi connectivity index (χ4v) is 1.96. The maximum atomic E-state index is 11.7. The van der Waals surface area contributed by atoms with Gasteiger partial charge in [-0.25, -0.2) is 0 Å². The molecule has 1 amide bonds. The normalized spacial score (nSPS) is 14.4. The Morgan fingerprint density at radius 2 is 1.89 bits per heavy atom. The minimum Gasteiger partial charge on any atom is -0.396 e. The number of rotatable bonds is 5. The lowest BCUT2D eigenvalue weighted by Crippen LogP contribution is -2.37. The molecule has 5 heteroatoms. The summed E-state index contributed by atoms with van der Waals surface area (Å²) < 4.78 is 0. The van der Waals surface area contributed by atoms with Gasteiger partial charge in [-0.2, -0.15) is 0 Å². The molecule has 0 aromatic heterocycles. The summed E-state index contributed by atoms with van der Waals surface area (Å²) >= 11 is 11.7. The Labute approximate surface area is 123 Å². The quantitative estimate of drug-likeness (QED) is 0.821. The third-order valence-corrected chi connectivity index (χ3v) is 3.26. The summed E-state index contributed by atoms with van der Waals surface area (Å²) in [5.74, 6) is -0.207. The topological polar surface area (TPSA) is 49.3 Å². The molecule has 0 aliphatic heterocycles. The second-order valence-corrected chi connectivity index (χ2v) is 5.37. The van der Waals surface area contributed by atoms with Crippen molar-refractivity contribution in [2.75, 3.05) is 6.61 Å². The van der Waals surface area contributed by atoms with Gasteiger partial charge in [0.2, 0.25) is 5.91 Å². The van der Waals surface area contributed by atoms with Gasteiger partial charge in [0.15, 0.2) is 0 Å². The van der Waals surface area contributed by atoms with Gasteiger partial charge in [0, 0.05) is 28.8 Å². The average molecular weight is 302 g/mol. The Bertz CT molecular complexity index is 454. The minimum atomic E-state index is -0.219. The number of halogens is 2. The van der Waals surface area contributed by atoms with E-state index < -0.39 is 0 Å². The Morgan fingerprint density at radius 3 is 2.42 bits per heavy atom. The third kappa shape index (κ3) is 5.64. The number of carbonyl (C=O) groups excluding carboxylic acids is 1. The van der Waals surface area contributed by atoms with E-state index in [-0.39, 0.29) is 24.5 Å². The van der Waals surface area contributed by atoms with Gasteiger partial charge < -0.3 is 10.4 Å². The Morgan fingerprint density at radius 1 is 1.32 bits per heavy atom. The van der Waals surface area contributed by atoms with Crippen LogP contribution in [0.25, 0.3) is 6.08 Å². The molecule has 0 aliphatic rings. The molecule has 0 saturated heterocycles. The lowest BCUT2D eigenvalue weighted by molar-refractivity contribution is -0.117. The van der Waals surface area contributed by atoms with Crippen LogP contribution in [0.3, 0.4) is 0 Å². The van der Waals surface area contributed by atoms with Gasteiger partial charge in [0.25, 0.3) is 0 Å². The molecular weight excluding hydrogens is 285 g/mol. The molecule has 0 heterocycles. The van der Waals surface area contributed by atoms with E-state index >= 15 is 0 Å². The van der Waals surface area contributed by atoms with Crippen molar-refractivity contribution in [3.63, 3.8) is 0 Å². The first-order chi connectivity index (χ1) is 8.92. The lowest BCUT2D eigenvalue weighted by Gasteiger charge is -2.18. The third-order valence-electron chi connectivity index (χ3n) is 2.82. The van der Waals surface area contributed by atoms with E-state index in [1.165, 1.54) is 6.08 Å². The largest absolute Gasteiger partial charge is 0.396 e. The fourth-order valence-electron chi connectivity index (χ4n) is 1.42. The molecule has 0 aliphatic carbocycles. The number of carbonyl (C=O) groups is 1. The van der Waals surface area contributed by atoms with Crippen LogP contribution in [0.5, 0.6) is 0 Å². The molecule has 0 bridgehead atoms. The van der Waals surface area contributed by atoms with Crippen molar-refractivity contribution in [3.05, 3.63) is 39.9 Å². The maximum absolute atomic E-state index is 11.7. The minimum absolute atomic E-state index is 0.0120. The molecule has 2 N–H and O–H groups in total. The van der Waals surface area contributed by atoms with Crippen LogP contribution in [0, 0.1) is 5.92 Å². The van der Waals surface area contributed by atoms with Crippen LogP contribution in [-0.2, 0) is 4.79 Å². The highest BCUT2D eigenvalue weighted by atomic mass is 35.5. The predicted molar refractivity (Wildman–Crippen MR) is 79.4 cm³/mol. The first-order valence-electron chi connectivity index (χ1n) is 5.98. The van der Waals surface area contributed by atoms with Gasteiger partial charge in [-0.3, -0.25) is 4.79 Å². The summed E-state index contributed by atoms with van der Waals surface area (Å²) in [5.41, 5.74) is 0.760. The molecule has 0 saturated carbocycles. The van der Waals surface area contributed by atoms with Gasteiger partial charge in [-0.15, -0.1) is 0 Å². The molecule has 2 unspecified atom stereocenters. The lowest BCUT2D eigenvalue weighted by atomic mass is 10.1. The summed E-state index contributed by atoms with van der Waals surface area (Å²) in [6.07, 6.45) is 3.06. The molecule has 2 atom stereocenters. The van der Waals surface area contributed by atoms with Crippen LogP contribution in [0.2, 0.25) is 10.0 Å². The maximum Gasteiger partial charge on any atom is 0.244 e. The van der Waals surface area contributed by atoms with Crippen LogP contribution in [-0.4, -0.2) is 23.7 Å². The van der Waals surface area contributed by atoms with Gasteiger partial charge >= 0.3 is 0 Å². The highest BCUT2D eigenvalue weighted by molar-refractivity contribution is 6.34. The zero-order chi connectivity index (χ0) is 14.4. The molecule has 1 rings (SSSR count). The Hall–Kier alpha value is -1.03. The molecular formula is C14H17Cl2NO2. The van der Waals surface area contributed by atoms with Crippen molar-refractivity contribution >= 4 is 35.2 Å². The SMILES string of the molecule is CC(CO)C(C)NC(=O)/C=C/c1cc(Cl)cc(Cl)c1. The van der Waals surface area contributed by atoms with Crippen LogP contribution in [0.4, 0.5) is 0 Å². The second-order valence-electron chi connectivity index (χ2n) is 4.49. The molecule has 1 aromatic rings. The van der Waals surface area contributed by atoms with Gasteiger partial charge in [-0.05, 0) is 42.7 Å². The van der Waals surface area contributed by atoms with E-state index in [0.29, 0.717) is 10.0 Å². The number of aliphatic hydroxyl groups excluding tert-OH is 1. The van der Waals surface area contributed by atoms with Crippen molar-refractivity contribution in [1.29, 1.82) is 0 Å². The monoisotopic (exact) mass is 301 g/mol. The smallest absolute Gasteiger partial charge is 0.244 e. The second kappa shape index (κ2) is 7.53. The standard InChI is InChI=1S/C14H17Cl2NO2/c1-9(8-18)10(2)17-14(19)4-3-11-5-12(15)7-13(16)6-11/h3-7,9-10,18H,8H2,1-2H3,(H,17,19)/b4-3+. The van der Waals surface area contributed by atoms with E-state index in [4.69, 9.17) is 28.3 Å². The Kier molecular flexibility index (Phi) is 6.35. The first-order valence-corrected chi connectivity index (χ1v) is 6.73. The van der Waals surface area contributed by atoms with Crippen LogP contribution in [0.1, 0.15) is 19.4 Å². The molecule has 3 nitrogen and oxygen atoms in total. The predicted octanol–water partition coefficient (Wildman–Crippen LogP) is 3.14. The van der Waals surface area contributed by atoms with E-state index in [9.17, 15) is 4.79 Å². The molecule has 104 valence electrons.